The minimum Gasteiger partial charge on any atom is -0.496 e. The van der Waals surface area contributed by atoms with Crippen molar-refractivity contribution in [1.82, 2.24) is 4.90 Å². The van der Waals surface area contributed by atoms with Crippen LogP contribution in [0.2, 0.25) is 0 Å². The van der Waals surface area contributed by atoms with Gasteiger partial charge in [-0.2, -0.15) is 0 Å². The summed E-state index contributed by atoms with van der Waals surface area (Å²) in [6, 6.07) is 17.4. The molecular weight excluding hydrogens is 372 g/mol. The van der Waals surface area contributed by atoms with Gasteiger partial charge >= 0.3 is 5.97 Å². The van der Waals surface area contributed by atoms with Crippen molar-refractivity contribution in [2.45, 2.75) is 13.0 Å². The summed E-state index contributed by atoms with van der Waals surface area (Å²) in [5, 5.41) is 2.91. The highest BCUT2D eigenvalue weighted by Crippen LogP contribution is 2.48. The topological polar surface area (TPSA) is 51.1 Å². The summed E-state index contributed by atoms with van der Waals surface area (Å²) in [4.78, 5) is 19.5. The molecule has 2 aliphatic rings. The van der Waals surface area contributed by atoms with Gasteiger partial charge in [0.2, 0.25) is 0 Å². The summed E-state index contributed by atoms with van der Waals surface area (Å²) in [6.07, 6.45) is 0. The Morgan fingerprint density at radius 2 is 1.79 bits per heavy atom. The van der Waals surface area contributed by atoms with Crippen molar-refractivity contribution < 1.29 is 14.3 Å². The number of methoxy groups -OCH3 is 2. The second-order valence-corrected chi connectivity index (χ2v) is 7.22. The Labute approximate surface area is 168 Å². The molecule has 142 valence electrons. The predicted molar refractivity (Wildman–Crippen MR) is 112 cm³/mol. The molecule has 0 aliphatic carbocycles. The molecule has 0 fully saturated rings. The Balaban J connectivity index is 1.92. The predicted octanol–water partition coefficient (Wildman–Crippen LogP) is 4.60. The fourth-order valence-electron chi connectivity index (χ4n) is 3.56. The quantitative estimate of drug-likeness (QED) is 0.712. The van der Waals surface area contributed by atoms with Crippen LogP contribution in [0.4, 0.5) is 0 Å². The Hall–Kier alpha value is -2.99. The van der Waals surface area contributed by atoms with Crippen LogP contribution < -0.4 is 4.74 Å². The van der Waals surface area contributed by atoms with Crippen molar-refractivity contribution in [2.24, 2.45) is 4.99 Å². The molecule has 0 bridgehead atoms. The van der Waals surface area contributed by atoms with Crippen molar-refractivity contribution in [3.63, 3.8) is 0 Å². The molecule has 0 aromatic heterocycles. The van der Waals surface area contributed by atoms with Gasteiger partial charge in [0, 0.05) is 11.0 Å². The number of nitrogens with zero attached hydrogens (tertiary/aromatic N) is 2. The van der Waals surface area contributed by atoms with Crippen LogP contribution >= 0.6 is 11.8 Å². The summed E-state index contributed by atoms with van der Waals surface area (Å²) < 4.78 is 10.7. The molecule has 5 nitrogen and oxygen atoms in total. The van der Waals surface area contributed by atoms with E-state index in [-0.39, 0.29) is 5.97 Å². The second kappa shape index (κ2) is 7.56. The van der Waals surface area contributed by atoms with Gasteiger partial charge in [0.25, 0.3) is 0 Å². The molecular formula is C22H20N2O3S. The number of benzene rings is 2. The molecule has 0 amide bonds. The monoisotopic (exact) mass is 392 g/mol. The molecule has 0 saturated heterocycles. The zero-order chi connectivity index (χ0) is 19.7. The number of ether oxygens (including phenoxy) is 2. The first-order chi connectivity index (χ1) is 13.7. The molecule has 28 heavy (non-hydrogen) atoms. The van der Waals surface area contributed by atoms with Crippen LogP contribution in [0.5, 0.6) is 5.75 Å². The van der Waals surface area contributed by atoms with E-state index in [0.717, 1.165) is 22.0 Å². The normalized spacial score (nSPS) is 18.4. The molecule has 2 aliphatic heterocycles. The summed E-state index contributed by atoms with van der Waals surface area (Å²) >= 11 is 1.55. The summed E-state index contributed by atoms with van der Waals surface area (Å²) in [6.45, 7) is 1.85. The third kappa shape index (κ3) is 2.99. The van der Waals surface area contributed by atoms with Gasteiger partial charge in [0.05, 0.1) is 37.2 Å². The zero-order valence-corrected chi connectivity index (χ0v) is 16.7. The van der Waals surface area contributed by atoms with Gasteiger partial charge in [0.1, 0.15) is 5.75 Å². The number of hydrogen-bond donors (Lipinski definition) is 0. The summed E-state index contributed by atoms with van der Waals surface area (Å²) in [5.74, 6) is 0.327. The van der Waals surface area contributed by atoms with Crippen LogP contribution in [0.1, 0.15) is 24.1 Å². The number of hydrogen-bond acceptors (Lipinski definition) is 6. The largest absolute Gasteiger partial charge is 0.496 e. The third-order valence-corrected chi connectivity index (χ3v) is 5.67. The molecule has 2 heterocycles. The van der Waals surface area contributed by atoms with Gasteiger partial charge in [-0.1, -0.05) is 60.3 Å². The number of thioether (sulfide) groups is 1. The van der Waals surface area contributed by atoms with Crippen LogP contribution in [-0.2, 0) is 9.53 Å². The van der Waals surface area contributed by atoms with Gasteiger partial charge in [0.15, 0.2) is 5.17 Å². The molecule has 6 heteroatoms. The van der Waals surface area contributed by atoms with Gasteiger partial charge in [-0.25, -0.2) is 9.79 Å². The first-order valence-corrected chi connectivity index (χ1v) is 9.76. The van der Waals surface area contributed by atoms with Crippen LogP contribution in [0.3, 0.4) is 0 Å². The second-order valence-electron chi connectivity index (χ2n) is 6.39. The van der Waals surface area contributed by atoms with E-state index in [1.807, 2.05) is 49.4 Å². The first kappa shape index (κ1) is 18.4. The van der Waals surface area contributed by atoms with E-state index in [9.17, 15) is 4.79 Å². The minimum absolute atomic E-state index is 0.388. The zero-order valence-electron chi connectivity index (χ0n) is 15.9. The molecule has 1 atom stereocenters. The Bertz CT molecular complexity index is 1010. The molecule has 2 aromatic carbocycles. The number of allylic oxidation sites excluding steroid dienone is 1. The molecule has 0 radical (unpaired) electrons. The van der Waals surface area contributed by atoms with Crippen LogP contribution in [0, 0.1) is 0 Å². The lowest BCUT2D eigenvalue weighted by Gasteiger charge is -2.36. The number of esters is 1. The van der Waals surface area contributed by atoms with Crippen LogP contribution in [0.25, 0.3) is 5.70 Å². The number of fused-ring (bicyclic) bond motifs is 1. The van der Waals surface area contributed by atoms with E-state index < -0.39 is 6.04 Å². The number of para-hydroxylation sites is 1. The van der Waals surface area contributed by atoms with Crippen LogP contribution in [-0.4, -0.2) is 30.3 Å². The van der Waals surface area contributed by atoms with Gasteiger partial charge in [-0.05, 0) is 18.6 Å². The molecule has 2 aromatic rings. The van der Waals surface area contributed by atoms with Gasteiger partial charge in [-0.15, -0.1) is 0 Å². The van der Waals surface area contributed by atoms with Crippen molar-refractivity contribution >= 4 is 28.6 Å². The van der Waals surface area contributed by atoms with Crippen molar-refractivity contribution in [3.8, 4) is 5.75 Å². The van der Waals surface area contributed by atoms with E-state index in [1.54, 1.807) is 18.9 Å². The van der Waals surface area contributed by atoms with E-state index in [0.29, 0.717) is 17.0 Å². The summed E-state index contributed by atoms with van der Waals surface area (Å²) in [7, 11) is 3.03. The average Bonchev–Trinajstić information content (AvgIpc) is 3.16. The SMILES string of the molecule is COC(=O)C1=C(C)N=C2SC=C(c3ccccc3)N2C1c1ccccc1OC. The number of rotatable bonds is 4. The molecule has 4 rings (SSSR count). The van der Waals surface area contributed by atoms with Crippen molar-refractivity contribution in [3.05, 3.63) is 82.4 Å². The third-order valence-electron chi connectivity index (χ3n) is 4.83. The van der Waals surface area contributed by atoms with Gasteiger partial charge in [-0.3, -0.25) is 0 Å². The molecule has 0 spiro atoms. The van der Waals surface area contributed by atoms with E-state index >= 15 is 0 Å². The molecule has 0 N–H and O–H groups in total. The molecule has 0 saturated carbocycles. The molecule has 1 unspecified atom stereocenters. The smallest absolute Gasteiger partial charge is 0.338 e. The van der Waals surface area contributed by atoms with Crippen molar-refractivity contribution in [1.29, 1.82) is 0 Å². The Kier molecular flexibility index (Phi) is 4.96. The maximum atomic E-state index is 12.7. The summed E-state index contributed by atoms with van der Waals surface area (Å²) in [5.41, 5.74) is 4.11. The lowest BCUT2D eigenvalue weighted by Crippen LogP contribution is -2.36. The average molecular weight is 392 g/mol. The Morgan fingerprint density at radius 1 is 1.07 bits per heavy atom. The lowest BCUT2D eigenvalue weighted by molar-refractivity contribution is -0.136. The highest BCUT2D eigenvalue weighted by molar-refractivity contribution is 8.16. The van der Waals surface area contributed by atoms with E-state index in [2.05, 4.69) is 22.4 Å². The number of carbonyl (C=O) groups is 1. The van der Waals surface area contributed by atoms with E-state index in [1.165, 1.54) is 7.11 Å². The van der Waals surface area contributed by atoms with Crippen molar-refractivity contribution in [2.75, 3.05) is 14.2 Å². The van der Waals surface area contributed by atoms with E-state index in [4.69, 9.17) is 14.5 Å². The standard InChI is InChI=1S/C22H20N2O3S/c1-14-19(21(25)27-3)20(16-11-7-8-12-18(16)26-2)24-17(13-28-22(24)23-14)15-9-5-4-6-10-15/h4-13,20H,1-3H3. The fraction of sp³-hybridized carbons (Fsp3) is 0.182. The Morgan fingerprint density at radius 3 is 2.50 bits per heavy atom. The first-order valence-electron chi connectivity index (χ1n) is 8.88. The minimum atomic E-state index is -0.391. The number of aliphatic imine (C=N–C) groups is 1. The highest BCUT2D eigenvalue weighted by atomic mass is 32.2. The van der Waals surface area contributed by atoms with Gasteiger partial charge < -0.3 is 14.4 Å². The lowest BCUT2D eigenvalue weighted by atomic mass is 9.92. The number of carbonyl (C=O) groups excluding carboxylic acids is 1. The van der Waals surface area contributed by atoms with Crippen LogP contribution in [0.15, 0.2) is 76.3 Å². The highest BCUT2D eigenvalue weighted by Gasteiger charge is 2.42. The maximum Gasteiger partial charge on any atom is 0.338 e. The number of amidine groups is 1. The fourth-order valence-corrected chi connectivity index (χ4v) is 4.53. The maximum absolute atomic E-state index is 12.7.